The van der Waals surface area contributed by atoms with Crippen molar-refractivity contribution in [2.24, 2.45) is 0 Å². The van der Waals surface area contributed by atoms with E-state index in [1.165, 1.54) is 12.1 Å². The molecule has 0 saturated carbocycles. The zero-order valence-corrected chi connectivity index (χ0v) is 12.5. The van der Waals surface area contributed by atoms with E-state index in [4.69, 9.17) is 5.26 Å². The molecule has 0 radical (unpaired) electrons. The predicted molar refractivity (Wildman–Crippen MR) is 80.9 cm³/mol. The van der Waals surface area contributed by atoms with Gasteiger partial charge in [0.1, 0.15) is 12.5 Å². The molecular weight excluding hydrogens is 284 g/mol. The van der Waals surface area contributed by atoms with E-state index in [0.717, 1.165) is 0 Å². The molecule has 0 unspecified atom stereocenters. The van der Waals surface area contributed by atoms with Crippen LogP contribution in [0.4, 0.5) is 5.69 Å². The first-order valence-corrected chi connectivity index (χ1v) is 6.83. The zero-order chi connectivity index (χ0) is 16.5. The number of nitriles is 1. The number of hydrogen-bond donors (Lipinski definition) is 3. The lowest BCUT2D eigenvalue weighted by atomic mass is 10.1. The van der Waals surface area contributed by atoms with Gasteiger partial charge in [-0.25, -0.2) is 0 Å². The summed E-state index contributed by atoms with van der Waals surface area (Å²) in [6.07, 6.45) is -0.230. The summed E-state index contributed by atoms with van der Waals surface area (Å²) in [6, 6.07) is 7.28. The monoisotopic (exact) mass is 302 g/mol. The van der Waals surface area contributed by atoms with Crippen molar-refractivity contribution in [3.05, 3.63) is 29.8 Å². The molecule has 0 fully saturated rings. The first-order valence-electron chi connectivity index (χ1n) is 6.83. The van der Waals surface area contributed by atoms with Crippen molar-refractivity contribution in [3.63, 3.8) is 0 Å². The molecule has 1 rings (SSSR count). The molecule has 22 heavy (non-hydrogen) atoms. The van der Waals surface area contributed by atoms with E-state index in [0.29, 0.717) is 17.8 Å². The number of nitrogens with one attached hydrogen (secondary N) is 3. The quantitative estimate of drug-likeness (QED) is 0.721. The number of anilines is 1. The van der Waals surface area contributed by atoms with Crippen molar-refractivity contribution in [2.75, 3.05) is 11.9 Å². The molecule has 3 N–H and O–H groups in total. The standard InChI is InChI=1S/C15H18N4O3/c1-3-17-14(21)10(2)18-15(22)11-4-6-12(7-5-11)19-13(20)8-9-16/h4-7,10H,3,8H2,1-2H3,(H,17,21)(H,18,22)(H,19,20)/t10-/m1/s1. The largest absolute Gasteiger partial charge is 0.355 e. The maximum Gasteiger partial charge on any atom is 0.251 e. The second-order valence-corrected chi connectivity index (χ2v) is 4.55. The highest BCUT2D eigenvalue weighted by molar-refractivity contribution is 5.98. The van der Waals surface area contributed by atoms with Crippen molar-refractivity contribution in [2.45, 2.75) is 26.3 Å². The summed E-state index contributed by atoms with van der Waals surface area (Å²) in [5, 5.41) is 16.1. The summed E-state index contributed by atoms with van der Waals surface area (Å²) >= 11 is 0. The normalized spacial score (nSPS) is 11.0. The first kappa shape index (κ1) is 17.2. The van der Waals surface area contributed by atoms with Gasteiger partial charge < -0.3 is 16.0 Å². The van der Waals surface area contributed by atoms with E-state index in [-0.39, 0.29) is 18.2 Å². The van der Waals surface area contributed by atoms with Crippen LogP contribution >= 0.6 is 0 Å². The van der Waals surface area contributed by atoms with E-state index in [1.54, 1.807) is 32.0 Å². The lowest BCUT2D eigenvalue weighted by Crippen LogP contribution is -2.44. The van der Waals surface area contributed by atoms with Crippen LogP contribution in [0, 0.1) is 11.3 Å². The van der Waals surface area contributed by atoms with Gasteiger partial charge in [0.15, 0.2) is 0 Å². The molecule has 0 saturated heterocycles. The van der Waals surface area contributed by atoms with Crippen molar-refractivity contribution in [3.8, 4) is 6.07 Å². The molecule has 0 heterocycles. The molecule has 7 heteroatoms. The summed E-state index contributed by atoms with van der Waals surface area (Å²) in [6.45, 7) is 3.89. The van der Waals surface area contributed by atoms with Gasteiger partial charge in [0.05, 0.1) is 6.07 Å². The van der Waals surface area contributed by atoms with Gasteiger partial charge in [-0.1, -0.05) is 0 Å². The fraction of sp³-hybridized carbons (Fsp3) is 0.333. The van der Waals surface area contributed by atoms with Gasteiger partial charge in [0.25, 0.3) is 5.91 Å². The first-order chi connectivity index (χ1) is 10.5. The molecule has 0 spiro atoms. The average molecular weight is 302 g/mol. The van der Waals surface area contributed by atoms with Gasteiger partial charge in [-0.15, -0.1) is 0 Å². The second kappa shape index (κ2) is 8.42. The fourth-order valence-corrected chi connectivity index (χ4v) is 1.65. The van der Waals surface area contributed by atoms with Crippen LogP contribution in [-0.4, -0.2) is 30.3 Å². The highest BCUT2D eigenvalue weighted by Crippen LogP contribution is 2.10. The Morgan fingerprint density at radius 3 is 2.41 bits per heavy atom. The van der Waals surface area contributed by atoms with Gasteiger partial charge >= 0.3 is 0 Å². The van der Waals surface area contributed by atoms with Crippen LogP contribution < -0.4 is 16.0 Å². The van der Waals surface area contributed by atoms with E-state index in [1.807, 2.05) is 0 Å². The third-order valence-corrected chi connectivity index (χ3v) is 2.76. The summed E-state index contributed by atoms with van der Waals surface area (Å²) in [4.78, 5) is 34.8. The Labute approximate surface area is 128 Å². The van der Waals surface area contributed by atoms with Crippen LogP contribution in [0.5, 0.6) is 0 Å². The SMILES string of the molecule is CCNC(=O)[C@@H](C)NC(=O)c1ccc(NC(=O)CC#N)cc1. The molecule has 7 nitrogen and oxygen atoms in total. The van der Waals surface area contributed by atoms with E-state index in [9.17, 15) is 14.4 Å². The van der Waals surface area contributed by atoms with Crippen LogP contribution in [0.2, 0.25) is 0 Å². The zero-order valence-electron chi connectivity index (χ0n) is 12.5. The highest BCUT2D eigenvalue weighted by atomic mass is 16.2. The van der Waals surface area contributed by atoms with Gasteiger partial charge in [0.2, 0.25) is 11.8 Å². The molecule has 3 amide bonds. The lowest BCUT2D eigenvalue weighted by Gasteiger charge is -2.13. The maximum absolute atomic E-state index is 12.0. The predicted octanol–water partition coefficient (Wildman–Crippen LogP) is 0.793. The van der Waals surface area contributed by atoms with Crippen molar-refractivity contribution < 1.29 is 14.4 Å². The average Bonchev–Trinajstić information content (AvgIpc) is 2.48. The lowest BCUT2D eigenvalue weighted by molar-refractivity contribution is -0.122. The Bertz CT molecular complexity index is 590. The van der Waals surface area contributed by atoms with Gasteiger partial charge in [0, 0.05) is 17.8 Å². The number of benzene rings is 1. The minimum absolute atomic E-state index is 0.230. The molecule has 1 atom stereocenters. The van der Waals surface area contributed by atoms with Crippen LogP contribution in [0.25, 0.3) is 0 Å². The third-order valence-electron chi connectivity index (χ3n) is 2.76. The minimum Gasteiger partial charge on any atom is -0.355 e. The Morgan fingerprint density at radius 2 is 1.86 bits per heavy atom. The second-order valence-electron chi connectivity index (χ2n) is 4.55. The van der Waals surface area contributed by atoms with Crippen molar-refractivity contribution >= 4 is 23.4 Å². The number of likely N-dealkylation sites (N-methyl/N-ethyl adjacent to an activating group) is 1. The van der Waals surface area contributed by atoms with Crippen molar-refractivity contribution in [1.82, 2.24) is 10.6 Å². The van der Waals surface area contributed by atoms with Gasteiger partial charge in [-0.05, 0) is 38.1 Å². The van der Waals surface area contributed by atoms with Crippen LogP contribution in [-0.2, 0) is 9.59 Å². The summed E-state index contributed by atoms with van der Waals surface area (Å²) in [5.41, 5.74) is 0.864. The molecule has 116 valence electrons. The Kier molecular flexibility index (Phi) is 6.57. The molecule has 0 aliphatic heterocycles. The molecule has 1 aromatic rings. The van der Waals surface area contributed by atoms with Crippen LogP contribution in [0.15, 0.2) is 24.3 Å². The molecule has 0 aromatic heterocycles. The number of hydrogen-bond acceptors (Lipinski definition) is 4. The fourth-order valence-electron chi connectivity index (χ4n) is 1.65. The number of rotatable bonds is 6. The number of carbonyl (C=O) groups is 3. The number of amides is 3. The maximum atomic E-state index is 12.0. The van der Waals surface area contributed by atoms with Gasteiger partial charge in [-0.3, -0.25) is 14.4 Å². The Hall–Kier alpha value is -2.88. The highest BCUT2D eigenvalue weighted by Gasteiger charge is 2.15. The van der Waals surface area contributed by atoms with Crippen LogP contribution in [0.1, 0.15) is 30.6 Å². The van der Waals surface area contributed by atoms with E-state index < -0.39 is 11.9 Å². The third kappa shape index (κ3) is 5.25. The molecule has 1 aromatic carbocycles. The number of carbonyl (C=O) groups excluding carboxylic acids is 3. The molecular formula is C15H18N4O3. The molecule has 0 bridgehead atoms. The van der Waals surface area contributed by atoms with Crippen molar-refractivity contribution in [1.29, 1.82) is 5.26 Å². The molecule has 0 aliphatic carbocycles. The Morgan fingerprint density at radius 1 is 1.23 bits per heavy atom. The summed E-state index contributed by atoms with van der Waals surface area (Å²) < 4.78 is 0. The van der Waals surface area contributed by atoms with Crippen LogP contribution in [0.3, 0.4) is 0 Å². The summed E-state index contributed by atoms with van der Waals surface area (Å²) in [5.74, 6) is -1.05. The number of nitrogens with zero attached hydrogens (tertiary/aromatic N) is 1. The Balaban J connectivity index is 2.62. The molecule has 0 aliphatic rings. The smallest absolute Gasteiger partial charge is 0.251 e. The van der Waals surface area contributed by atoms with E-state index in [2.05, 4.69) is 16.0 Å². The topological polar surface area (TPSA) is 111 Å². The minimum atomic E-state index is -0.637. The van der Waals surface area contributed by atoms with E-state index >= 15 is 0 Å². The summed E-state index contributed by atoms with van der Waals surface area (Å²) in [7, 11) is 0. The van der Waals surface area contributed by atoms with Gasteiger partial charge in [-0.2, -0.15) is 5.26 Å².